The molecule has 4 nitrogen and oxygen atoms in total. The second kappa shape index (κ2) is 10.8. The summed E-state index contributed by atoms with van der Waals surface area (Å²) in [5, 5.41) is 0. The van der Waals surface area contributed by atoms with Gasteiger partial charge in [-0.2, -0.15) is 0 Å². The Bertz CT molecular complexity index is 473. The third-order valence-electron chi connectivity index (χ3n) is 3.08. The summed E-state index contributed by atoms with van der Waals surface area (Å²) in [5.41, 5.74) is 0. The molecule has 0 aliphatic heterocycles. The van der Waals surface area contributed by atoms with E-state index in [-0.39, 0.29) is 18.1 Å². The van der Waals surface area contributed by atoms with Crippen LogP contribution in [0.25, 0.3) is 0 Å². The van der Waals surface area contributed by atoms with Gasteiger partial charge in [-0.05, 0) is 31.4 Å². The van der Waals surface area contributed by atoms with E-state index in [1.165, 1.54) is 18.2 Å². The van der Waals surface area contributed by atoms with Gasteiger partial charge in [0.25, 0.3) is 0 Å². The summed E-state index contributed by atoms with van der Waals surface area (Å²) in [4.78, 5) is 22.9. The molecule has 0 unspecified atom stereocenters. The van der Waals surface area contributed by atoms with Crippen LogP contribution >= 0.6 is 0 Å². The van der Waals surface area contributed by atoms with Crippen molar-refractivity contribution in [3.8, 4) is 5.75 Å². The fourth-order valence-corrected chi connectivity index (χ4v) is 1.85. The highest BCUT2D eigenvalue weighted by Gasteiger charge is 2.09. The lowest BCUT2D eigenvalue weighted by atomic mass is 10.2. The van der Waals surface area contributed by atoms with Crippen molar-refractivity contribution >= 4 is 11.9 Å². The first-order valence-corrected chi connectivity index (χ1v) is 7.74. The molecule has 0 bridgehead atoms. The standard InChI is InChI=1S/C17H23FO4/c1-2-3-8-13-21-16(19)11-6-7-12-17(20)22-15-10-5-4-9-14(15)18/h4-5,9-10H,2-3,6-8,11-13H2,1H3. The molecule has 0 amide bonds. The largest absolute Gasteiger partial charge is 0.466 e. The van der Waals surface area contributed by atoms with Crippen LogP contribution < -0.4 is 4.74 Å². The normalized spacial score (nSPS) is 10.3. The highest BCUT2D eigenvalue weighted by atomic mass is 19.1. The monoisotopic (exact) mass is 310 g/mol. The van der Waals surface area contributed by atoms with Crippen molar-refractivity contribution in [2.24, 2.45) is 0 Å². The number of ether oxygens (including phenoxy) is 2. The highest BCUT2D eigenvalue weighted by molar-refractivity contribution is 5.72. The summed E-state index contributed by atoms with van der Waals surface area (Å²) >= 11 is 0. The van der Waals surface area contributed by atoms with Gasteiger partial charge >= 0.3 is 11.9 Å². The quantitative estimate of drug-likeness (QED) is 0.372. The number of halogens is 1. The number of hydrogen-bond donors (Lipinski definition) is 0. The van der Waals surface area contributed by atoms with Crippen LogP contribution in [0.3, 0.4) is 0 Å². The number of rotatable bonds is 10. The molecule has 122 valence electrons. The average Bonchev–Trinajstić information content (AvgIpc) is 2.50. The molecule has 0 aliphatic rings. The molecule has 1 rings (SSSR count). The molecule has 1 aromatic rings. The molecule has 0 N–H and O–H groups in total. The zero-order valence-corrected chi connectivity index (χ0v) is 13.0. The number of unbranched alkanes of at least 4 members (excludes halogenated alkanes) is 3. The molecule has 0 radical (unpaired) electrons. The Morgan fingerprint density at radius 3 is 2.36 bits per heavy atom. The minimum Gasteiger partial charge on any atom is -0.466 e. The molecule has 5 heteroatoms. The maximum atomic E-state index is 13.3. The molecular weight excluding hydrogens is 287 g/mol. The maximum Gasteiger partial charge on any atom is 0.311 e. The minimum absolute atomic E-state index is 0.0668. The molecule has 0 spiro atoms. The van der Waals surface area contributed by atoms with Crippen molar-refractivity contribution in [3.05, 3.63) is 30.1 Å². The minimum atomic E-state index is -0.563. The van der Waals surface area contributed by atoms with Crippen LogP contribution in [0.4, 0.5) is 4.39 Å². The SMILES string of the molecule is CCCCCOC(=O)CCCCC(=O)Oc1ccccc1F. The van der Waals surface area contributed by atoms with E-state index in [1.807, 2.05) is 0 Å². The topological polar surface area (TPSA) is 52.6 Å². The smallest absolute Gasteiger partial charge is 0.311 e. The van der Waals surface area contributed by atoms with E-state index in [9.17, 15) is 14.0 Å². The molecule has 0 aromatic heterocycles. The summed E-state index contributed by atoms with van der Waals surface area (Å²) in [6, 6.07) is 5.76. The predicted octanol–water partition coefficient (Wildman–Crippen LogP) is 4.02. The average molecular weight is 310 g/mol. The summed E-state index contributed by atoms with van der Waals surface area (Å²) < 4.78 is 23.3. The van der Waals surface area contributed by atoms with E-state index in [1.54, 1.807) is 6.07 Å². The summed E-state index contributed by atoms with van der Waals surface area (Å²) in [6.07, 6.45) is 4.53. The third kappa shape index (κ3) is 7.76. The highest BCUT2D eigenvalue weighted by Crippen LogP contribution is 2.16. The van der Waals surface area contributed by atoms with Crippen LogP contribution in [0.5, 0.6) is 5.75 Å². The van der Waals surface area contributed by atoms with Gasteiger partial charge in [0.15, 0.2) is 11.6 Å². The third-order valence-corrected chi connectivity index (χ3v) is 3.08. The lowest BCUT2D eigenvalue weighted by Crippen LogP contribution is -2.09. The molecule has 1 aromatic carbocycles. The summed E-state index contributed by atoms with van der Waals surface area (Å²) in [7, 11) is 0. The van der Waals surface area contributed by atoms with Crippen molar-refractivity contribution in [3.63, 3.8) is 0 Å². The predicted molar refractivity (Wildman–Crippen MR) is 81.0 cm³/mol. The Kier molecular flexibility index (Phi) is 8.88. The second-order valence-electron chi connectivity index (χ2n) is 5.04. The van der Waals surface area contributed by atoms with Gasteiger partial charge < -0.3 is 9.47 Å². The van der Waals surface area contributed by atoms with Gasteiger partial charge in [-0.25, -0.2) is 4.39 Å². The Morgan fingerprint density at radius 2 is 1.68 bits per heavy atom. The molecule has 0 fully saturated rings. The van der Waals surface area contributed by atoms with Crippen LogP contribution in [0.1, 0.15) is 51.9 Å². The molecule has 0 heterocycles. The van der Waals surface area contributed by atoms with E-state index in [2.05, 4.69) is 6.92 Å². The number of hydrogen-bond acceptors (Lipinski definition) is 4. The number of carbonyl (C=O) groups is 2. The fraction of sp³-hybridized carbons (Fsp3) is 0.529. The Morgan fingerprint density at radius 1 is 1.00 bits per heavy atom. The van der Waals surface area contributed by atoms with Gasteiger partial charge in [-0.1, -0.05) is 31.9 Å². The van der Waals surface area contributed by atoms with E-state index < -0.39 is 11.8 Å². The summed E-state index contributed by atoms with van der Waals surface area (Å²) in [6.45, 7) is 2.55. The van der Waals surface area contributed by atoms with Crippen LogP contribution in [0.15, 0.2) is 24.3 Å². The van der Waals surface area contributed by atoms with Gasteiger partial charge in [0.2, 0.25) is 0 Å². The van der Waals surface area contributed by atoms with Crippen LogP contribution in [-0.4, -0.2) is 18.5 Å². The van der Waals surface area contributed by atoms with E-state index >= 15 is 0 Å². The first-order valence-electron chi connectivity index (χ1n) is 7.74. The first-order chi connectivity index (χ1) is 10.6. The number of carbonyl (C=O) groups excluding carboxylic acids is 2. The van der Waals surface area contributed by atoms with E-state index in [0.29, 0.717) is 25.9 Å². The van der Waals surface area contributed by atoms with Gasteiger partial charge in [0.05, 0.1) is 6.61 Å². The molecule has 0 atom stereocenters. The molecule has 0 saturated carbocycles. The van der Waals surface area contributed by atoms with Crippen LogP contribution in [-0.2, 0) is 14.3 Å². The zero-order chi connectivity index (χ0) is 16.2. The number of benzene rings is 1. The van der Waals surface area contributed by atoms with Crippen molar-refractivity contribution in [2.45, 2.75) is 51.9 Å². The van der Waals surface area contributed by atoms with Crippen molar-refractivity contribution in [1.29, 1.82) is 0 Å². The first kappa shape index (κ1) is 18.1. The van der Waals surface area contributed by atoms with Crippen molar-refractivity contribution < 1.29 is 23.5 Å². The molecule has 0 saturated heterocycles. The number of esters is 2. The fourth-order valence-electron chi connectivity index (χ4n) is 1.85. The Hall–Kier alpha value is -1.91. The Balaban J connectivity index is 2.10. The van der Waals surface area contributed by atoms with Crippen molar-refractivity contribution in [1.82, 2.24) is 0 Å². The van der Waals surface area contributed by atoms with Gasteiger partial charge in [-0.3, -0.25) is 9.59 Å². The second-order valence-corrected chi connectivity index (χ2v) is 5.04. The van der Waals surface area contributed by atoms with Gasteiger partial charge in [-0.15, -0.1) is 0 Å². The van der Waals surface area contributed by atoms with Crippen LogP contribution in [0, 0.1) is 5.82 Å². The lowest BCUT2D eigenvalue weighted by Gasteiger charge is -2.06. The Labute approximate surface area is 130 Å². The summed E-state index contributed by atoms with van der Waals surface area (Å²) in [5.74, 6) is -1.37. The van der Waals surface area contributed by atoms with Gasteiger partial charge in [0, 0.05) is 12.8 Å². The van der Waals surface area contributed by atoms with Crippen molar-refractivity contribution in [2.75, 3.05) is 6.61 Å². The number of para-hydroxylation sites is 1. The molecule has 0 aliphatic carbocycles. The van der Waals surface area contributed by atoms with Gasteiger partial charge in [0.1, 0.15) is 0 Å². The molecular formula is C17H23FO4. The molecule has 22 heavy (non-hydrogen) atoms. The maximum absolute atomic E-state index is 13.3. The van der Waals surface area contributed by atoms with E-state index in [4.69, 9.17) is 9.47 Å². The van der Waals surface area contributed by atoms with E-state index in [0.717, 1.165) is 19.3 Å². The lowest BCUT2D eigenvalue weighted by molar-refractivity contribution is -0.144. The zero-order valence-electron chi connectivity index (χ0n) is 13.0. The van der Waals surface area contributed by atoms with Crippen LogP contribution in [0.2, 0.25) is 0 Å².